The molecule has 2 rings (SSSR count). The molecular formula is C20H26N4O. The Kier molecular flexibility index (Phi) is 5.91. The van der Waals surface area contributed by atoms with Crippen molar-refractivity contribution in [1.29, 1.82) is 5.41 Å². The van der Waals surface area contributed by atoms with Gasteiger partial charge in [-0.2, -0.15) is 0 Å². The van der Waals surface area contributed by atoms with Crippen LogP contribution in [0.25, 0.3) is 0 Å². The van der Waals surface area contributed by atoms with Gasteiger partial charge >= 0.3 is 0 Å². The molecule has 1 aromatic rings. The molecule has 5 nitrogen and oxygen atoms in total. The van der Waals surface area contributed by atoms with Gasteiger partial charge in [0.15, 0.2) is 0 Å². The van der Waals surface area contributed by atoms with Gasteiger partial charge in [-0.05, 0) is 56.9 Å². The van der Waals surface area contributed by atoms with E-state index in [1.807, 2.05) is 12.1 Å². The molecule has 0 aliphatic heterocycles. The molecule has 1 aliphatic rings. The summed E-state index contributed by atoms with van der Waals surface area (Å²) in [6.07, 6.45) is 3.52. The summed E-state index contributed by atoms with van der Waals surface area (Å²) in [6, 6.07) is 5.50. The predicted molar refractivity (Wildman–Crippen MR) is 106 cm³/mol. The van der Waals surface area contributed by atoms with Crippen molar-refractivity contribution in [3.05, 3.63) is 47.1 Å². The van der Waals surface area contributed by atoms with E-state index >= 15 is 0 Å². The number of benzene rings is 1. The number of nitrogens with one attached hydrogen (secondary N) is 2. The van der Waals surface area contributed by atoms with Crippen LogP contribution in [0, 0.1) is 11.3 Å². The van der Waals surface area contributed by atoms with Crippen LogP contribution in [0.15, 0.2) is 46.5 Å². The smallest absolute Gasteiger partial charge is 0.132 e. The van der Waals surface area contributed by atoms with E-state index in [1.54, 1.807) is 20.0 Å². The standard InChI is InChI=1S/C20H26N4O/c1-12-9-15(11-25)5-7-17(12)13(2)20(23-4)24-16-6-8-19(22)18(10-16)14(3)21/h6,8,10-11,15,21H,2,5,7,9,22H2,1,3-4H3,(H,23,24). The van der Waals surface area contributed by atoms with Crippen molar-refractivity contribution >= 4 is 29.2 Å². The monoisotopic (exact) mass is 338 g/mol. The molecule has 0 heterocycles. The number of carbonyl (C=O) groups is 1. The summed E-state index contributed by atoms with van der Waals surface area (Å²) < 4.78 is 0. The predicted octanol–water partition coefficient (Wildman–Crippen LogP) is 3.97. The molecule has 1 atom stereocenters. The normalized spacial score (nSPS) is 18.0. The number of aldehydes is 1. The molecule has 0 bridgehead atoms. The fourth-order valence-electron chi connectivity index (χ4n) is 3.19. The zero-order valence-corrected chi connectivity index (χ0v) is 15.1. The maximum absolute atomic E-state index is 11.0. The minimum Gasteiger partial charge on any atom is -0.398 e. The van der Waals surface area contributed by atoms with E-state index in [4.69, 9.17) is 11.1 Å². The largest absolute Gasteiger partial charge is 0.398 e. The lowest BCUT2D eigenvalue weighted by atomic mass is 9.82. The molecule has 5 heteroatoms. The summed E-state index contributed by atoms with van der Waals surface area (Å²) in [5.74, 6) is 0.805. The Bertz CT molecular complexity index is 774. The number of hydrogen-bond donors (Lipinski definition) is 3. The Labute approximate surface area is 149 Å². The SMILES string of the molecule is C=C(C(=NC)Nc1ccc(N)c(C(C)=N)c1)C1=C(C)CC(C=O)CC1. The van der Waals surface area contributed by atoms with E-state index in [-0.39, 0.29) is 5.92 Å². The number of anilines is 2. The molecule has 4 N–H and O–H groups in total. The maximum Gasteiger partial charge on any atom is 0.132 e. The lowest BCUT2D eigenvalue weighted by Crippen LogP contribution is -2.20. The van der Waals surface area contributed by atoms with Gasteiger partial charge in [0.1, 0.15) is 12.1 Å². The number of nitrogen functional groups attached to an aromatic ring is 1. The van der Waals surface area contributed by atoms with Gasteiger partial charge in [0.2, 0.25) is 0 Å². The first-order valence-corrected chi connectivity index (χ1v) is 8.39. The number of allylic oxidation sites excluding steroid dienone is 1. The van der Waals surface area contributed by atoms with Crippen molar-refractivity contribution < 1.29 is 4.79 Å². The molecule has 1 aliphatic carbocycles. The van der Waals surface area contributed by atoms with Gasteiger partial charge in [-0.3, -0.25) is 4.99 Å². The number of amidine groups is 1. The van der Waals surface area contributed by atoms with E-state index in [9.17, 15) is 4.79 Å². The van der Waals surface area contributed by atoms with Crippen molar-refractivity contribution in [3.63, 3.8) is 0 Å². The quantitative estimate of drug-likeness (QED) is 0.328. The third-order valence-corrected chi connectivity index (χ3v) is 4.63. The summed E-state index contributed by atoms with van der Waals surface area (Å²) in [7, 11) is 1.72. The van der Waals surface area contributed by atoms with Crippen LogP contribution in [0.1, 0.15) is 38.7 Å². The molecule has 0 fully saturated rings. The van der Waals surface area contributed by atoms with Crippen molar-refractivity contribution in [2.24, 2.45) is 10.9 Å². The molecular weight excluding hydrogens is 312 g/mol. The van der Waals surface area contributed by atoms with Gasteiger partial charge in [0.25, 0.3) is 0 Å². The van der Waals surface area contributed by atoms with E-state index in [2.05, 4.69) is 23.8 Å². The van der Waals surface area contributed by atoms with Crippen LogP contribution >= 0.6 is 0 Å². The zero-order valence-electron chi connectivity index (χ0n) is 15.1. The Balaban J connectivity index is 2.24. The maximum atomic E-state index is 11.0. The average Bonchev–Trinajstić information content (AvgIpc) is 2.60. The first-order valence-electron chi connectivity index (χ1n) is 8.39. The van der Waals surface area contributed by atoms with Gasteiger partial charge in [-0.1, -0.05) is 12.2 Å². The molecule has 1 aromatic carbocycles. The molecule has 25 heavy (non-hydrogen) atoms. The molecule has 0 spiro atoms. The number of rotatable bonds is 5. The molecule has 132 valence electrons. The lowest BCUT2D eigenvalue weighted by molar-refractivity contribution is -0.111. The fraction of sp³-hybridized carbons (Fsp3) is 0.350. The lowest BCUT2D eigenvalue weighted by Gasteiger charge is -2.24. The highest BCUT2D eigenvalue weighted by Crippen LogP contribution is 2.32. The molecule has 0 radical (unpaired) electrons. The Morgan fingerprint density at radius 2 is 2.20 bits per heavy atom. The summed E-state index contributed by atoms with van der Waals surface area (Å²) >= 11 is 0. The number of aliphatic imine (C=N–C) groups is 1. The molecule has 1 unspecified atom stereocenters. The van der Waals surface area contributed by atoms with Crippen molar-refractivity contribution in [1.82, 2.24) is 0 Å². The highest BCUT2D eigenvalue weighted by Gasteiger charge is 2.21. The van der Waals surface area contributed by atoms with E-state index in [0.29, 0.717) is 22.8 Å². The van der Waals surface area contributed by atoms with Crippen molar-refractivity contribution in [2.75, 3.05) is 18.1 Å². The fourth-order valence-corrected chi connectivity index (χ4v) is 3.19. The second-order valence-corrected chi connectivity index (χ2v) is 6.50. The van der Waals surface area contributed by atoms with Crippen molar-refractivity contribution in [3.8, 4) is 0 Å². The van der Waals surface area contributed by atoms with Gasteiger partial charge in [0, 0.05) is 41.2 Å². The minimum absolute atomic E-state index is 0.113. The average molecular weight is 338 g/mol. The summed E-state index contributed by atoms with van der Waals surface area (Å²) in [6.45, 7) is 7.99. The number of nitrogens with two attached hydrogens (primary N) is 1. The summed E-state index contributed by atoms with van der Waals surface area (Å²) in [4.78, 5) is 15.4. The molecule has 0 amide bonds. The van der Waals surface area contributed by atoms with Crippen LogP contribution in [0.4, 0.5) is 11.4 Å². The first kappa shape index (κ1) is 18.6. The van der Waals surface area contributed by atoms with Gasteiger partial charge in [-0.25, -0.2) is 0 Å². The third-order valence-electron chi connectivity index (χ3n) is 4.63. The highest BCUT2D eigenvalue weighted by molar-refractivity contribution is 6.11. The zero-order chi connectivity index (χ0) is 18.6. The van der Waals surface area contributed by atoms with E-state index < -0.39 is 0 Å². The van der Waals surface area contributed by atoms with Crippen LogP contribution in [0.3, 0.4) is 0 Å². The van der Waals surface area contributed by atoms with E-state index in [0.717, 1.165) is 36.8 Å². The van der Waals surface area contributed by atoms with Gasteiger partial charge in [-0.15, -0.1) is 0 Å². The van der Waals surface area contributed by atoms with Gasteiger partial charge in [0.05, 0.1) is 0 Å². The van der Waals surface area contributed by atoms with Crippen LogP contribution in [0.2, 0.25) is 0 Å². The Morgan fingerprint density at radius 1 is 1.48 bits per heavy atom. The molecule has 0 saturated heterocycles. The van der Waals surface area contributed by atoms with Crippen LogP contribution < -0.4 is 11.1 Å². The van der Waals surface area contributed by atoms with Crippen LogP contribution in [-0.4, -0.2) is 24.9 Å². The number of hydrogen-bond acceptors (Lipinski definition) is 4. The first-order chi connectivity index (χ1) is 11.9. The van der Waals surface area contributed by atoms with Crippen LogP contribution in [0.5, 0.6) is 0 Å². The third kappa shape index (κ3) is 4.24. The number of carbonyl (C=O) groups excluding carboxylic acids is 1. The van der Waals surface area contributed by atoms with E-state index in [1.165, 1.54) is 11.1 Å². The van der Waals surface area contributed by atoms with Crippen molar-refractivity contribution in [2.45, 2.75) is 33.1 Å². The topological polar surface area (TPSA) is 91.3 Å². The second kappa shape index (κ2) is 7.92. The minimum atomic E-state index is 0.113. The Hall–Kier alpha value is -2.69. The highest BCUT2D eigenvalue weighted by atomic mass is 16.1. The summed E-state index contributed by atoms with van der Waals surface area (Å²) in [5.41, 5.74) is 11.7. The van der Waals surface area contributed by atoms with Crippen LogP contribution in [-0.2, 0) is 4.79 Å². The molecule has 0 aromatic heterocycles. The second-order valence-electron chi connectivity index (χ2n) is 6.50. The Morgan fingerprint density at radius 3 is 2.76 bits per heavy atom. The van der Waals surface area contributed by atoms with Gasteiger partial charge < -0.3 is 21.3 Å². The summed E-state index contributed by atoms with van der Waals surface area (Å²) in [5, 5.41) is 11.1. The molecule has 0 saturated carbocycles. The number of nitrogens with zero attached hydrogens (tertiary/aromatic N) is 1.